The fraction of sp³-hybridized carbons (Fsp3) is 0.357. The van der Waals surface area contributed by atoms with Crippen LogP contribution in [-0.4, -0.2) is 41.4 Å². The van der Waals surface area contributed by atoms with Gasteiger partial charge in [-0.25, -0.2) is 10.0 Å². The number of amides is 1. The van der Waals surface area contributed by atoms with Crippen LogP contribution in [0.3, 0.4) is 0 Å². The summed E-state index contributed by atoms with van der Waals surface area (Å²) < 4.78 is 80.2. The first-order chi connectivity index (χ1) is 18.5. The summed E-state index contributed by atoms with van der Waals surface area (Å²) >= 11 is 0. The second-order valence-corrected chi connectivity index (χ2v) is 10.1. The maximum Gasteiger partial charge on any atom is 0.416 e. The maximum atomic E-state index is 13.7. The van der Waals surface area contributed by atoms with Crippen molar-refractivity contribution in [3.8, 4) is 11.1 Å². The number of hydrogen-bond donors (Lipinski definition) is 2. The molecular weight excluding hydrogens is 540 g/mol. The number of carbonyl (C=O) groups is 1. The van der Waals surface area contributed by atoms with Gasteiger partial charge >= 0.3 is 12.4 Å². The number of benzene rings is 2. The third-order valence-electron chi connectivity index (χ3n) is 6.42. The van der Waals surface area contributed by atoms with E-state index >= 15 is 0 Å². The molecule has 0 radical (unpaired) electrons. The molecule has 0 aliphatic heterocycles. The van der Waals surface area contributed by atoms with Crippen LogP contribution in [0.5, 0.6) is 0 Å². The van der Waals surface area contributed by atoms with E-state index in [-0.39, 0.29) is 30.6 Å². The quantitative estimate of drug-likeness (QED) is 0.239. The lowest BCUT2D eigenvalue weighted by atomic mass is 9.83. The van der Waals surface area contributed by atoms with Crippen LogP contribution in [0.2, 0.25) is 0 Å². The standard InChI is InChI=1S/C28H29F6N3O3/c1-17-7-5-6-8-21(17)22-14-24(37(40)9-10-38)35-16-23(22)36(4)25(39)26(2,3)15-18-11-19(27(29,30)31)13-20(12-18)28(32,33)34/h5-8,11-14,16,38,40H,9-10,15H2,1-4H3. The predicted octanol–water partition coefficient (Wildman–Crippen LogP) is 6.51. The van der Waals surface area contributed by atoms with E-state index in [0.29, 0.717) is 28.9 Å². The van der Waals surface area contributed by atoms with Crippen molar-refractivity contribution in [1.82, 2.24) is 4.98 Å². The third-order valence-corrected chi connectivity index (χ3v) is 6.42. The monoisotopic (exact) mass is 569 g/mol. The van der Waals surface area contributed by atoms with Crippen LogP contribution in [0.1, 0.15) is 36.1 Å². The SMILES string of the molecule is Cc1ccccc1-c1cc(N(O)CCO)ncc1N(C)C(=O)C(C)(C)Cc1cc(C(F)(F)F)cc(C(F)(F)F)c1. The number of pyridine rings is 1. The Labute approximate surface area is 227 Å². The zero-order valence-electron chi connectivity index (χ0n) is 22.2. The molecule has 3 rings (SSSR count). The zero-order valence-corrected chi connectivity index (χ0v) is 22.2. The second kappa shape index (κ2) is 11.5. The molecule has 1 amide bonds. The number of hydroxylamine groups is 1. The van der Waals surface area contributed by atoms with Crippen LogP contribution in [0, 0.1) is 12.3 Å². The molecule has 3 aromatic rings. The fourth-order valence-electron chi connectivity index (χ4n) is 4.42. The lowest BCUT2D eigenvalue weighted by molar-refractivity contribution is -0.143. The highest BCUT2D eigenvalue weighted by Gasteiger charge is 2.39. The maximum absolute atomic E-state index is 13.7. The van der Waals surface area contributed by atoms with Crippen LogP contribution in [0.25, 0.3) is 11.1 Å². The van der Waals surface area contributed by atoms with E-state index < -0.39 is 41.2 Å². The Bertz CT molecular complexity index is 1340. The van der Waals surface area contributed by atoms with Crippen molar-refractivity contribution >= 4 is 17.4 Å². The van der Waals surface area contributed by atoms with Crippen molar-refractivity contribution in [2.45, 2.75) is 39.5 Å². The van der Waals surface area contributed by atoms with Gasteiger partial charge in [-0.1, -0.05) is 38.1 Å². The van der Waals surface area contributed by atoms with E-state index in [9.17, 15) is 41.5 Å². The summed E-state index contributed by atoms with van der Waals surface area (Å²) in [5.41, 5.74) is -2.30. The minimum atomic E-state index is -5.01. The molecule has 0 aliphatic carbocycles. The first-order valence-electron chi connectivity index (χ1n) is 12.2. The molecule has 1 aromatic heterocycles. The number of aliphatic hydroxyl groups is 1. The Morgan fingerprint density at radius 3 is 2.02 bits per heavy atom. The predicted molar refractivity (Wildman–Crippen MR) is 138 cm³/mol. The normalized spacial score (nSPS) is 12.4. The molecule has 0 saturated carbocycles. The van der Waals surface area contributed by atoms with E-state index in [1.54, 1.807) is 12.1 Å². The number of halogens is 6. The molecule has 1 heterocycles. The molecule has 0 unspecified atom stereocenters. The Balaban J connectivity index is 2.04. The van der Waals surface area contributed by atoms with E-state index in [4.69, 9.17) is 0 Å². The number of anilines is 2. The number of carbonyl (C=O) groups excluding carboxylic acids is 1. The summed E-state index contributed by atoms with van der Waals surface area (Å²) in [6.45, 7) is 4.23. The van der Waals surface area contributed by atoms with E-state index in [2.05, 4.69) is 4.98 Å². The van der Waals surface area contributed by atoms with Gasteiger partial charge in [0, 0.05) is 18.0 Å². The van der Waals surface area contributed by atoms with Crippen molar-refractivity contribution in [2.75, 3.05) is 30.2 Å². The number of rotatable bonds is 8. The molecule has 0 saturated heterocycles. The molecule has 0 spiro atoms. The van der Waals surface area contributed by atoms with Crippen molar-refractivity contribution in [1.29, 1.82) is 0 Å². The van der Waals surface area contributed by atoms with Gasteiger partial charge in [-0.3, -0.25) is 10.0 Å². The van der Waals surface area contributed by atoms with Crippen molar-refractivity contribution < 1.29 is 41.5 Å². The molecule has 0 atom stereocenters. The summed E-state index contributed by atoms with van der Waals surface area (Å²) in [7, 11) is 1.43. The lowest BCUT2D eigenvalue weighted by Crippen LogP contribution is -2.40. The van der Waals surface area contributed by atoms with Gasteiger partial charge in [0.25, 0.3) is 0 Å². The molecule has 0 aliphatic rings. The minimum absolute atomic E-state index is 0.0490. The summed E-state index contributed by atoms with van der Waals surface area (Å²) in [6.07, 6.45) is -9.09. The number of aliphatic hydroxyl groups excluding tert-OH is 1. The molecule has 6 nitrogen and oxygen atoms in total. The van der Waals surface area contributed by atoms with Crippen LogP contribution < -0.4 is 9.96 Å². The van der Waals surface area contributed by atoms with Crippen molar-refractivity contribution in [3.05, 3.63) is 77.0 Å². The summed E-state index contributed by atoms with van der Waals surface area (Å²) in [5, 5.41) is 20.1. The van der Waals surface area contributed by atoms with Gasteiger partial charge in [0.15, 0.2) is 5.82 Å². The van der Waals surface area contributed by atoms with E-state index in [1.165, 1.54) is 38.1 Å². The highest BCUT2D eigenvalue weighted by molar-refractivity contribution is 6.00. The Morgan fingerprint density at radius 2 is 1.50 bits per heavy atom. The molecule has 12 heteroatoms. The average molecular weight is 570 g/mol. The number of aromatic nitrogens is 1. The molecule has 40 heavy (non-hydrogen) atoms. The zero-order chi connectivity index (χ0) is 30.0. The lowest BCUT2D eigenvalue weighted by Gasteiger charge is -2.31. The Kier molecular flexibility index (Phi) is 8.85. The molecule has 0 fully saturated rings. The van der Waals surface area contributed by atoms with Crippen molar-refractivity contribution in [3.63, 3.8) is 0 Å². The Hall–Kier alpha value is -3.64. The number of nitrogens with zero attached hydrogens (tertiary/aromatic N) is 3. The first-order valence-corrected chi connectivity index (χ1v) is 12.2. The van der Waals surface area contributed by atoms with Crippen LogP contribution in [0.4, 0.5) is 37.8 Å². The van der Waals surface area contributed by atoms with Crippen LogP contribution in [0.15, 0.2) is 54.7 Å². The largest absolute Gasteiger partial charge is 0.416 e. The second-order valence-electron chi connectivity index (χ2n) is 10.1. The highest BCUT2D eigenvalue weighted by atomic mass is 19.4. The van der Waals surface area contributed by atoms with Crippen LogP contribution in [-0.2, 0) is 23.6 Å². The third kappa shape index (κ3) is 6.92. The first kappa shape index (κ1) is 30.9. The Morgan fingerprint density at radius 1 is 0.925 bits per heavy atom. The highest BCUT2D eigenvalue weighted by Crippen LogP contribution is 2.39. The van der Waals surface area contributed by atoms with Gasteiger partial charge in [0.2, 0.25) is 5.91 Å². The molecule has 216 valence electrons. The molecular formula is C28H29F6N3O3. The molecule has 0 bridgehead atoms. The smallest absolute Gasteiger partial charge is 0.394 e. The van der Waals surface area contributed by atoms with Gasteiger partial charge in [0.05, 0.1) is 36.2 Å². The topological polar surface area (TPSA) is 76.9 Å². The van der Waals surface area contributed by atoms with Crippen molar-refractivity contribution in [2.24, 2.45) is 5.41 Å². The number of alkyl halides is 6. The minimum Gasteiger partial charge on any atom is -0.394 e. The molecule has 2 aromatic carbocycles. The fourth-order valence-corrected chi connectivity index (χ4v) is 4.42. The average Bonchev–Trinajstić information content (AvgIpc) is 2.86. The van der Waals surface area contributed by atoms with E-state index in [0.717, 1.165) is 10.6 Å². The van der Waals surface area contributed by atoms with Gasteiger partial charge in [-0.05, 0) is 54.3 Å². The molecule has 2 N–H and O–H groups in total. The van der Waals surface area contributed by atoms with Gasteiger partial charge in [-0.2, -0.15) is 26.3 Å². The summed E-state index contributed by atoms with van der Waals surface area (Å²) in [6, 6.07) is 10.0. The van der Waals surface area contributed by atoms with Gasteiger partial charge in [-0.15, -0.1) is 0 Å². The summed E-state index contributed by atoms with van der Waals surface area (Å²) in [5.74, 6) is -0.487. The van der Waals surface area contributed by atoms with E-state index in [1.807, 2.05) is 19.1 Å². The van der Waals surface area contributed by atoms with Gasteiger partial charge in [0.1, 0.15) is 0 Å². The van der Waals surface area contributed by atoms with Crippen LogP contribution >= 0.6 is 0 Å². The van der Waals surface area contributed by atoms with Gasteiger partial charge < -0.3 is 10.0 Å². The number of aryl methyl sites for hydroxylation is 1. The number of hydrogen-bond acceptors (Lipinski definition) is 5. The summed E-state index contributed by atoms with van der Waals surface area (Å²) in [4.78, 5) is 19.1.